The molecular formula is C29H27Cl2F3N4O5. The van der Waals surface area contributed by atoms with E-state index >= 15 is 0 Å². The fraction of sp³-hybridized carbons (Fsp3) is 0.414. The summed E-state index contributed by atoms with van der Waals surface area (Å²) in [5.41, 5.74) is -3.12. The van der Waals surface area contributed by atoms with Crippen molar-refractivity contribution in [2.75, 3.05) is 6.54 Å². The summed E-state index contributed by atoms with van der Waals surface area (Å²) in [6.45, 7) is 1.38. The van der Waals surface area contributed by atoms with E-state index in [0.717, 1.165) is 15.8 Å². The number of hydrogen-bond acceptors (Lipinski definition) is 6. The maximum atomic E-state index is 14.6. The Morgan fingerprint density at radius 2 is 1.67 bits per heavy atom. The number of ether oxygens (including phenoxy) is 1. The number of pyridine rings is 1. The van der Waals surface area contributed by atoms with E-state index in [-0.39, 0.29) is 54.3 Å². The second-order valence-corrected chi connectivity index (χ2v) is 11.9. The van der Waals surface area contributed by atoms with E-state index in [1.807, 2.05) is 0 Å². The van der Waals surface area contributed by atoms with Crippen LogP contribution in [0, 0.1) is 5.41 Å². The highest BCUT2D eigenvalue weighted by atomic mass is 35.5. The molecule has 5 rings (SSSR count). The van der Waals surface area contributed by atoms with Gasteiger partial charge in [-0.25, -0.2) is 0 Å². The molecule has 1 aromatic carbocycles. The highest BCUT2D eigenvalue weighted by Gasteiger charge is 2.48. The minimum atomic E-state index is -4.97. The molecule has 43 heavy (non-hydrogen) atoms. The monoisotopic (exact) mass is 638 g/mol. The van der Waals surface area contributed by atoms with E-state index in [4.69, 9.17) is 27.9 Å². The zero-order valence-corrected chi connectivity index (χ0v) is 24.4. The number of nitrogens with zero attached hydrogens (tertiary/aromatic N) is 4. The third-order valence-electron chi connectivity index (χ3n) is 8.19. The third-order valence-corrected chi connectivity index (χ3v) is 8.76. The number of hydrogen-bond donors (Lipinski definition) is 1. The molecule has 3 heterocycles. The van der Waals surface area contributed by atoms with E-state index in [9.17, 15) is 32.7 Å². The number of carboxylic acids is 1. The Labute approximate surface area is 254 Å². The highest BCUT2D eigenvalue weighted by molar-refractivity contribution is 6.40. The molecule has 2 aromatic heterocycles. The average Bonchev–Trinajstić information content (AvgIpc) is 3.59. The van der Waals surface area contributed by atoms with Gasteiger partial charge in [0.05, 0.1) is 51.4 Å². The number of carbonyl (C=O) groups excluding carboxylic acids is 2. The second kappa shape index (κ2) is 11.8. The van der Waals surface area contributed by atoms with Crippen molar-refractivity contribution < 1.29 is 37.4 Å². The Morgan fingerprint density at radius 3 is 2.26 bits per heavy atom. The van der Waals surface area contributed by atoms with Gasteiger partial charge >= 0.3 is 12.1 Å². The number of likely N-dealkylation sites (tertiary alicyclic amines) is 1. The SMILES string of the molecule is CC1(C(=O)O)CCC(n2ncc(C(=O)N3CC(Oc4ccccc4)CC3C(=O)c3c(Cl)cncc3Cl)c2C(F)(F)F)CC1. The Hall–Kier alpha value is -3.64. The van der Waals surface area contributed by atoms with Gasteiger partial charge in [0.25, 0.3) is 5.91 Å². The van der Waals surface area contributed by atoms with Crippen LogP contribution >= 0.6 is 23.2 Å². The van der Waals surface area contributed by atoms with E-state index in [1.165, 1.54) is 12.4 Å². The van der Waals surface area contributed by atoms with Crippen LogP contribution < -0.4 is 4.74 Å². The molecular weight excluding hydrogens is 612 g/mol. The number of benzene rings is 1. The van der Waals surface area contributed by atoms with Crippen LogP contribution in [-0.2, 0) is 11.0 Å². The summed E-state index contributed by atoms with van der Waals surface area (Å²) in [6.07, 6.45) is -1.85. The molecule has 228 valence electrons. The van der Waals surface area contributed by atoms with E-state index in [1.54, 1.807) is 37.3 Å². The van der Waals surface area contributed by atoms with Crippen LogP contribution in [0.4, 0.5) is 13.2 Å². The molecule has 0 bridgehead atoms. The zero-order chi connectivity index (χ0) is 31.1. The smallest absolute Gasteiger partial charge is 0.433 e. The first-order valence-electron chi connectivity index (χ1n) is 13.5. The van der Waals surface area contributed by atoms with Gasteiger partial charge in [-0.05, 0) is 44.7 Å². The summed E-state index contributed by atoms with van der Waals surface area (Å²) in [4.78, 5) is 44.2. The lowest BCUT2D eigenvalue weighted by Crippen LogP contribution is -2.42. The molecule has 9 nitrogen and oxygen atoms in total. The molecule has 2 aliphatic rings. The number of ketones is 1. The summed E-state index contributed by atoms with van der Waals surface area (Å²) in [6, 6.07) is 6.62. The van der Waals surface area contributed by atoms with Crippen molar-refractivity contribution in [1.29, 1.82) is 0 Å². The van der Waals surface area contributed by atoms with Gasteiger partial charge in [0, 0.05) is 18.8 Å². The van der Waals surface area contributed by atoms with Gasteiger partial charge in [-0.15, -0.1) is 0 Å². The minimum Gasteiger partial charge on any atom is -0.488 e. The van der Waals surface area contributed by atoms with E-state index in [2.05, 4.69) is 10.1 Å². The first kappa shape index (κ1) is 30.8. The summed E-state index contributed by atoms with van der Waals surface area (Å²) >= 11 is 12.5. The van der Waals surface area contributed by atoms with Crippen molar-refractivity contribution in [3.63, 3.8) is 0 Å². The van der Waals surface area contributed by atoms with Crippen LogP contribution in [0.2, 0.25) is 10.0 Å². The van der Waals surface area contributed by atoms with Crippen molar-refractivity contribution in [3.8, 4) is 5.75 Å². The quantitative estimate of drug-likeness (QED) is 0.300. The number of aliphatic carboxylic acids is 1. The van der Waals surface area contributed by atoms with Crippen molar-refractivity contribution >= 4 is 40.9 Å². The standard InChI is InChI=1S/C29H27Cl2F3N4O5/c1-28(27(41)42)9-7-16(8-10-28)38-25(29(32,33)34)19(12-36-38)26(40)37-15-18(43-17-5-3-2-4-6-17)11-22(37)24(39)23-20(30)13-35-14-21(23)31/h2-6,12-14,16,18,22H,7-11,15H2,1H3,(H,41,42). The van der Waals surface area contributed by atoms with Crippen LogP contribution in [0.15, 0.2) is 48.9 Å². The topological polar surface area (TPSA) is 115 Å². The molecule has 1 N–H and O–H groups in total. The number of aromatic nitrogens is 3. The zero-order valence-electron chi connectivity index (χ0n) is 22.9. The first-order valence-corrected chi connectivity index (χ1v) is 14.3. The Morgan fingerprint density at radius 1 is 1.05 bits per heavy atom. The molecule has 1 aliphatic carbocycles. The summed E-state index contributed by atoms with van der Waals surface area (Å²) in [5, 5.41) is 13.4. The Bertz CT molecular complexity index is 1520. The van der Waals surface area contributed by atoms with Crippen LogP contribution in [0.5, 0.6) is 5.75 Å². The summed E-state index contributed by atoms with van der Waals surface area (Å²) in [7, 11) is 0. The molecule has 1 aliphatic heterocycles. The maximum Gasteiger partial charge on any atom is 0.433 e. The normalized spacial score (nSPS) is 24.1. The number of Topliss-reactive ketones (excluding diaryl/α,β-unsaturated/α-hetero) is 1. The number of halogens is 5. The number of amides is 1. The lowest BCUT2D eigenvalue weighted by molar-refractivity contribution is -0.152. The van der Waals surface area contributed by atoms with Gasteiger partial charge in [-0.3, -0.25) is 24.0 Å². The molecule has 1 amide bonds. The van der Waals surface area contributed by atoms with Gasteiger partial charge in [0.2, 0.25) is 0 Å². The fourth-order valence-corrected chi connectivity index (χ4v) is 6.34. The predicted octanol–water partition coefficient (Wildman–Crippen LogP) is 6.35. The van der Waals surface area contributed by atoms with Crippen LogP contribution in [-0.4, -0.2) is 61.1 Å². The van der Waals surface area contributed by atoms with Gasteiger partial charge in [0.15, 0.2) is 11.5 Å². The molecule has 1 saturated heterocycles. The van der Waals surface area contributed by atoms with E-state index < -0.39 is 58.7 Å². The molecule has 2 fully saturated rings. The Kier molecular flexibility index (Phi) is 8.45. The van der Waals surface area contributed by atoms with Gasteiger partial charge in [-0.2, -0.15) is 18.3 Å². The van der Waals surface area contributed by atoms with Crippen LogP contribution in [0.1, 0.15) is 71.5 Å². The van der Waals surface area contributed by atoms with Gasteiger partial charge < -0.3 is 14.7 Å². The number of rotatable bonds is 7. The molecule has 0 radical (unpaired) electrons. The minimum absolute atomic E-state index is 0.0274. The van der Waals surface area contributed by atoms with Crippen LogP contribution in [0.25, 0.3) is 0 Å². The fourth-order valence-electron chi connectivity index (χ4n) is 5.79. The van der Waals surface area contributed by atoms with E-state index in [0.29, 0.717) is 5.75 Å². The van der Waals surface area contributed by atoms with Crippen molar-refractivity contribution in [1.82, 2.24) is 19.7 Å². The molecule has 3 aromatic rings. The third kappa shape index (κ3) is 6.08. The highest BCUT2D eigenvalue weighted by Crippen LogP contribution is 2.44. The second-order valence-electron chi connectivity index (χ2n) is 11.1. The van der Waals surface area contributed by atoms with Crippen molar-refractivity contribution in [2.45, 2.75) is 63.4 Å². The predicted molar refractivity (Wildman–Crippen MR) is 149 cm³/mol. The largest absolute Gasteiger partial charge is 0.488 e. The number of carbonyl (C=O) groups is 3. The van der Waals surface area contributed by atoms with Crippen LogP contribution in [0.3, 0.4) is 0 Å². The first-order chi connectivity index (χ1) is 20.3. The molecule has 14 heteroatoms. The van der Waals surface area contributed by atoms with Gasteiger partial charge in [0.1, 0.15) is 11.9 Å². The Balaban J connectivity index is 1.49. The lowest BCUT2D eigenvalue weighted by atomic mass is 9.74. The molecule has 2 unspecified atom stereocenters. The van der Waals surface area contributed by atoms with Crippen molar-refractivity contribution in [3.05, 3.63) is 75.8 Å². The number of carboxylic acid groups (broad SMARTS) is 1. The summed E-state index contributed by atoms with van der Waals surface area (Å²) < 4.78 is 50.4. The van der Waals surface area contributed by atoms with Crippen molar-refractivity contribution in [2.24, 2.45) is 5.41 Å². The average molecular weight is 639 g/mol. The lowest BCUT2D eigenvalue weighted by Gasteiger charge is -2.34. The number of alkyl halides is 3. The maximum absolute atomic E-state index is 14.6. The molecule has 2 atom stereocenters. The molecule has 0 spiro atoms. The number of para-hydroxylation sites is 1. The molecule has 1 saturated carbocycles. The van der Waals surface area contributed by atoms with Gasteiger partial charge in [-0.1, -0.05) is 41.4 Å². The summed E-state index contributed by atoms with van der Waals surface area (Å²) in [5.74, 6) is -2.26.